The van der Waals surface area contributed by atoms with E-state index in [4.69, 9.17) is 11.6 Å². The van der Waals surface area contributed by atoms with Crippen molar-refractivity contribution in [1.82, 2.24) is 9.55 Å². The Morgan fingerprint density at radius 3 is 2.76 bits per heavy atom. The Morgan fingerprint density at radius 2 is 2.02 bits per heavy atom. The first kappa shape index (κ1) is 29.6. The Bertz CT molecular complexity index is 1950. The van der Waals surface area contributed by atoms with Gasteiger partial charge in [-0.3, -0.25) is 14.2 Å². The van der Waals surface area contributed by atoms with Gasteiger partial charge in [0.25, 0.3) is 10.6 Å². The third-order valence-electron chi connectivity index (χ3n) is 6.32. The zero-order valence-electron chi connectivity index (χ0n) is 21.7. The number of aromatic amines is 1. The second-order valence-corrected chi connectivity index (χ2v) is 14.2. The number of aryl methyl sites for hydroxylation is 1. The molecule has 0 atom stereocenters. The van der Waals surface area contributed by atoms with Gasteiger partial charge < -0.3 is 19.5 Å². The van der Waals surface area contributed by atoms with Crippen molar-refractivity contribution in [2.24, 2.45) is 0 Å². The van der Waals surface area contributed by atoms with Gasteiger partial charge in [-0.05, 0) is 37.6 Å². The fraction of sp³-hybridized carbons (Fsp3) is 0.269. The van der Waals surface area contributed by atoms with Crippen LogP contribution in [0.2, 0.25) is 5.15 Å². The molecule has 0 spiro atoms. The van der Waals surface area contributed by atoms with E-state index in [0.29, 0.717) is 28.6 Å². The maximum Gasteiger partial charge on any atom is 0.309 e. The second-order valence-electron chi connectivity index (χ2n) is 9.07. The highest BCUT2D eigenvalue weighted by molar-refractivity contribution is 8.03. The summed E-state index contributed by atoms with van der Waals surface area (Å²) < 4.78 is 39.3. The zero-order chi connectivity index (χ0) is 29.3. The minimum Gasteiger partial charge on any atom is -0.748 e. The summed E-state index contributed by atoms with van der Waals surface area (Å²) in [6.45, 7) is 2.94. The third-order valence-corrected chi connectivity index (χ3v) is 10.6. The van der Waals surface area contributed by atoms with Crippen molar-refractivity contribution in [1.29, 1.82) is 0 Å². The van der Waals surface area contributed by atoms with Gasteiger partial charge in [-0.2, -0.15) is 4.57 Å². The van der Waals surface area contributed by atoms with Crippen molar-refractivity contribution in [2.45, 2.75) is 37.8 Å². The average molecular weight is 653 g/mol. The van der Waals surface area contributed by atoms with Gasteiger partial charge >= 0.3 is 5.97 Å². The normalized spacial score (nSPS) is 15.5. The van der Waals surface area contributed by atoms with Gasteiger partial charge in [0.15, 0.2) is 6.54 Å². The number of para-hydroxylation sites is 1. The van der Waals surface area contributed by atoms with Gasteiger partial charge in [0.1, 0.15) is 26.8 Å². The lowest BCUT2D eigenvalue weighted by molar-refractivity contribution is -0.667. The molecule has 0 radical (unpaired) electrons. The number of nitrogens with zero attached hydrogens (tertiary/aromatic N) is 3. The van der Waals surface area contributed by atoms with Crippen LogP contribution in [0.3, 0.4) is 0 Å². The zero-order valence-corrected chi connectivity index (χ0v) is 25.7. The van der Waals surface area contributed by atoms with E-state index >= 15 is 0 Å². The Kier molecular flexibility index (Phi) is 8.78. The molecule has 1 aliphatic rings. The first-order chi connectivity index (χ1) is 19.5. The van der Waals surface area contributed by atoms with Crippen molar-refractivity contribution in [3.8, 4) is 0 Å². The maximum absolute atomic E-state index is 13.3. The first-order valence-electron chi connectivity index (χ1n) is 12.6. The molecule has 10 nitrogen and oxygen atoms in total. The molecule has 4 heterocycles. The number of hydrogen-bond donors (Lipinski definition) is 2. The molecule has 0 unspecified atom stereocenters. The van der Waals surface area contributed by atoms with Gasteiger partial charge in [-0.25, -0.2) is 8.42 Å². The highest BCUT2D eigenvalue weighted by atomic mass is 35.5. The summed E-state index contributed by atoms with van der Waals surface area (Å²) in [5.41, 5.74) is 0.794. The van der Waals surface area contributed by atoms with Crippen molar-refractivity contribution >= 4 is 90.3 Å². The maximum atomic E-state index is 13.3. The van der Waals surface area contributed by atoms with Crippen LogP contribution in [0.4, 0.5) is 5.82 Å². The highest BCUT2D eigenvalue weighted by Crippen LogP contribution is 2.46. The van der Waals surface area contributed by atoms with Crippen LogP contribution >= 0.6 is 46.0 Å². The van der Waals surface area contributed by atoms with Crippen LogP contribution in [0.5, 0.6) is 0 Å². The van der Waals surface area contributed by atoms with Crippen LogP contribution in [0.25, 0.3) is 22.4 Å². The predicted octanol–water partition coefficient (Wildman–Crippen LogP) is 2.89. The summed E-state index contributed by atoms with van der Waals surface area (Å²) in [4.78, 5) is 30.4. The Hall–Kier alpha value is -2.88. The molecule has 2 N–H and O–H groups in total. The van der Waals surface area contributed by atoms with Crippen molar-refractivity contribution in [2.75, 3.05) is 17.2 Å². The lowest BCUT2D eigenvalue weighted by Crippen LogP contribution is -2.37. The Labute approximate surface area is 252 Å². The summed E-state index contributed by atoms with van der Waals surface area (Å²) in [5, 5.41) is 11.3. The van der Waals surface area contributed by atoms with Crippen LogP contribution in [0.1, 0.15) is 24.8 Å². The van der Waals surface area contributed by atoms with E-state index in [9.17, 15) is 27.7 Å². The topological polar surface area (TPSA) is 139 Å². The molecular weight excluding hydrogens is 628 g/mol. The molecule has 0 aliphatic carbocycles. The first-order valence-corrected chi connectivity index (χ1v) is 17.0. The minimum atomic E-state index is -4.34. The molecule has 1 aliphatic heterocycles. The number of aromatic nitrogens is 3. The van der Waals surface area contributed by atoms with Gasteiger partial charge in [0.05, 0.1) is 30.7 Å². The van der Waals surface area contributed by atoms with E-state index in [1.165, 1.54) is 34.4 Å². The number of halogens is 1. The van der Waals surface area contributed by atoms with Crippen LogP contribution in [0, 0.1) is 0 Å². The van der Waals surface area contributed by atoms with E-state index < -0.39 is 21.8 Å². The summed E-state index contributed by atoms with van der Waals surface area (Å²) in [7, 11) is -4.34. The lowest BCUT2D eigenvalue weighted by atomic mass is 10.3. The SMILES string of the molecule is CCn1c(=O)c(=CC=C2Sc3cc(Cl)[nH]c3N2CCCS(=O)(=O)[O-])s/c1=C/c1sc2ccccc2[n+]1CCC(=O)O. The number of carbonyl (C=O) groups is 1. The van der Waals surface area contributed by atoms with Crippen molar-refractivity contribution < 1.29 is 27.4 Å². The van der Waals surface area contributed by atoms with Crippen molar-refractivity contribution in [3.63, 3.8) is 0 Å². The predicted molar refractivity (Wildman–Crippen MR) is 162 cm³/mol. The van der Waals surface area contributed by atoms with E-state index in [2.05, 4.69) is 4.98 Å². The van der Waals surface area contributed by atoms with Crippen LogP contribution in [-0.2, 0) is 28.0 Å². The molecule has 0 bridgehead atoms. The van der Waals surface area contributed by atoms with Gasteiger partial charge in [-0.15, -0.1) is 11.3 Å². The number of carboxylic acids is 1. The molecule has 0 amide bonds. The number of thiazole rings is 2. The van der Waals surface area contributed by atoms with E-state index in [-0.39, 0.29) is 24.9 Å². The fourth-order valence-electron chi connectivity index (χ4n) is 4.50. The number of carboxylic acid groups (broad SMARTS) is 1. The van der Waals surface area contributed by atoms with E-state index in [1.807, 2.05) is 52.8 Å². The van der Waals surface area contributed by atoms with Gasteiger partial charge in [0, 0.05) is 24.9 Å². The van der Waals surface area contributed by atoms with E-state index in [0.717, 1.165) is 29.8 Å². The molecule has 1 aromatic carbocycles. The Morgan fingerprint density at radius 1 is 1.24 bits per heavy atom. The summed E-state index contributed by atoms with van der Waals surface area (Å²) in [6, 6.07) is 9.56. The molecule has 216 valence electrons. The standard InChI is InChI=1S/C26H25ClN4O6S4/c1-2-29-22(15-23-30(12-10-24(32)33)16-6-3-4-7-17(16)38-23)39-18(26(29)34)8-9-21-31(11-5-13-41(35,36)37)25-19(40-21)14-20(27)28-25/h3-4,6-9,14-15,28H,2,5,10-13H2,1H3,(H-,32,33,35,36,37). The van der Waals surface area contributed by atoms with Crippen LogP contribution in [0.15, 0.2) is 51.1 Å². The molecule has 15 heteroatoms. The highest BCUT2D eigenvalue weighted by Gasteiger charge is 2.27. The number of fused-ring (bicyclic) bond motifs is 2. The third kappa shape index (κ3) is 6.63. The Balaban J connectivity index is 1.53. The number of benzene rings is 1. The number of thioether (sulfide) groups is 1. The summed E-state index contributed by atoms with van der Waals surface area (Å²) in [6.07, 6.45) is 5.59. The number of allylic oxidation sites excluding steroid dienone is 1. The number of H-pyrrole nitrogens is 1. The number of hydrogen-bond acceptors (Lipinski definition) is 9. The van der Waals surface area contributed by atoms with E-state index in [1.54, 1.807) is 16.7 Å². The number of anilines is 1. The lowest BCUT2D eigenvalue weighted by Gasteiger charge is -2.19. The minimum absolute atomic E-state index is 0.0218. The molecular formula is C26H25ClN4O6S4. The monoisotopic (exact) mass is 652 g/mol. The number of nitrogens with one attached hydrogen (secondary N) is 1. The van der Waals surface area contributed by atoms with Crippen LogP contribution in [-0.4, -0.2) is 45.9 Å². The molecule has 0 saturated carbocycles. The molecule has 5 rings (SSSR count). The molecule has 3 aromatic heterocycles. The summed E-state index contributed by atoms with van der Waals surface area (Å²) >= 11 is 10.4. The van der Waals surface area contributed by atoms with Crippen LogP contribution < -0.4 is 24.2 Å². The smallest absolute Gasteiger partial charge is 0.309 e. The quantitative estimate of drug-likeness (QED) is 0.197. The molecule has 41 heavy (non-hydrogen) atoms. The van der Waals surface area contributed by atoms with Gasteiger partial charge in [0.2, 0.25) is 5.52 Å². The average Bonchev–Trinajstić information content (AvgIpc) is 3.61. The molecule has 4 aromatic rings. The van der Waals surface area contributed by atoms with Crippen molar-refractivity contribution in [3.05, 3.63) is 71.1 Å². The molecule has 0 fully saturated rings. The second kappa shape index (κ2) is 12.2. The largest absolute Gasteiger partial charge is 0.748 e. The number of aliphatic carboxylic acids is 1. The fourth-order valence-corrected chi connectivity index (χ4v) is 8.59. The van der Waals surface area contributed by atoms with Gasteiger partial charge in [-0.1, -0.05) is 46.8 Å². The number of rotatable bonds is 10. The molecule has 0 saturated heterocycles. The summed E-state index contributed by atoms with van der Waals surface area (Å²) in [5.74, 6) is -0.651.